The van der Waals surface area contributed by atoms with E-state index in [0.29, 0.717) is 0 Å². The van der Waals surface area contributed by atoms with Gasteiger partial charge in [0.05, 0.1) is 0 Å². The fourth-order valence-corrected chi connectivity index (χ4v) is 0. The Bertz CT molecular complexity index is 20.1. The van der Waals surface area contributed by atoms with Crippen LogP contribution in [0.1, 0.15) is 0 Å². The Morgan fingerprint density at radius 2 is 0.429 bits per heavy atom. The third kappa shape index (κ3) is 386. The van der Waals surface area contributed by atoms with Crippen LogP contribution in [0, 0.1) is 0 Å². The van der Waals surface area contributed by atoms with E-state index in [1.807, 2.05) is 0 Å². The van der Waals surface area contributed by atoms with Gasteiger partial charge in [0.2, 0.25) is 0 Å². The molecule has 0 rings (SSSR count). The predicted molar refractivity (Wildman–Crippen MR) is 31.1 cm³/mol. The molecule has 10 nitrogen and oxygen atoms in total. The molecular formula is H14BNa3O10. The molecule has 0 heterocycles. The summed E-state index contributed by atoms with van der Waals surface area (Å²) < 4.78 is 0. The Hall–Kier alpha value is 2.66. The van der Waals surface area contributed by atoms with Gasteiger partial charge in [-0.15, -0.1) is 0 Å². The SMILES string of the molecule is O.O.O.O.O.O.O.[Na+].[Na+].[Na+].[O-]B([O-])[O-]. The van der Waals surface area contributed by atoms with Crippen LogP contribution in [0.5, 0.6) is 0 Å². The van der Waals surface area contributed by atoms with Crippen molar-refractivity contribution in [1.82, 2.24) is 0 Å². The summed E-state index contributed by atoms with van der Waals surface area (Å²) in [5, 5.41) is 25.2. The summed E-state index contributed by atoms with van der Waals surface area (Å²) in [6.45, 7) is 0. The number of rotatable bonds is 0. The monoisotopic (exact) mass is 254 g/mol. The maximum absolute atomic E-state index is 8.42. The van der Waals surface area contributed by atoms with Crippen LogP contribution in [0.25, 0.3) is 0 Å². The first-order chi connectivity index (χ1) is 1.73. The van der Waals surface area contributed by atoms with E-state index < -0.39 is 7.32 Å². The van der Waals surface area contributed by atoms with Gasteiger partial charge in [0.25, 0.3) is 0 Å². The Labute approximate surface area is 147 Å². The molecule has 0 aliphatic carbocycles. The maximum Gasteiger partial charge on any atom is 1.00 e. The van der Waals surface area contributed by atoms with Crippen molar-refractivity contribution in [3.05, 3.63) is 0 Å². The molecule has 0 amide bonds. The molecular weight excluding hydrogens is 240 g/mol. The van der Waals surface area contributed by atoms with E-state index >= 15 is 0 Å². The molecule has 80 valence electrons. The molecule has 0 saturated carbocycles. The molecule has 0 aliphatic rings. The zero-order valence-electron chi connectivity index (χ0n) is 8.30. The van der Waals surface area contributed by atoms with Gasteiger partial charge in [-0.05, 0) is 0 Å². The first-order valence-corrected chi connectivity index (χ1v) is 0.707. The fourth-order valence-electron chi connectivity index (χ4n) is 0. The van der Waals surface area contributed by atoms with E-state index in [9.17, 15) is 0 Å². The second-order valence-corrected chi connectivity index (χ2v) is 0.289. The van der Waals surface area contributed by atoms with E-state index in [4.69, 9.17) is 15.1 Å². The maximum atomic E-state index is 8.42. The molecule has 14 heteroatoms. The Balaban J connectivity index is -0.000000001000. The molecule has 0 aromatic rings. The van der Waals surface area contributed by atoms with E-state index in [-0.39, 0.29) is 127 Å². The third-order valence-electron chi connectivity index (χ3n) is 0. The van der Waals surface area contributed by atoms with Crippen LogP contribution in [-0.2, 0) is 0 Å². The van der Waals surface area contributed by atoms with Gasteiger partial charge in [-0.3, -0.25) is 7.32 Å². The molecule has 0 aliphatic heterocycles. The summed E-state index contributed by atoms with van der Waals surface area (Å²) in [6, 6.07) is 0. The first-order valence-electron chi connectivity index (χ1n) is 0.707. The van der Waals surface area contributed by atoms with Gasteiger partial charge in [-0.2, -0.15) is 0 Å². The minimum absolute atomic E-state index is 0. The Kier molecular flexibility index (Phi) is 956. The van der Waals surface area contributed by atoms with Crippen molar-refractivity contribution in [2.24, 2.45) is 0 Å². The average molecular weight is 254 g/mol. The smallest absolute Gasteiger partial charge is 0.907 e. The van der Waals surface area contributed by atoms with Crippen LogP contribution in [0.4, 0.5) is 0 Å². The molecule has 0 unspecified atom stereocenters. The van der Waals surface area contributed by atoms with Gasteiger partial charge >= 0.3 is 88.7 Å². The second kappa shape index (κ2) is 105. The van der Waals surface area contributed by atoms with Gasteiger partial charge in [0, 0.05) is 0 Å². The minimum atomic E-state index is -2.92. The summed E-state index contributed by atoms with van der Waals surface area (Å²) in [5.74, 6) is 0. The van der Waals surface area contributed by atoms with Crippen LogP contribution in [-0.4, -0.2) is 45.7 Å². The molecule has 14 N–H and O–H groups in total. The minimum Gasteiger partial charge on any atom is -0.907 e. The molecule has 14 heavy (non-hydrogen) atoms. The van der Waals surface area contributed by atoms with E-state index in [1.165, 1.54) is 0 Å². The largest absolute Gasteiger partial charge is 1.00 e. The number of hydrogen-bond acceptors (Lipinski definition) is 3. The molecule has 0 saturated heterocycles. The van der Waals surface area contributed by atoms with Crippen molar-refractivity contribution in [2.75, 3.05) is 0 Å². The van der Waals surface area contributed by atoms with E-state index in [0.717, 1.165) is 0 Å². The zero-order valence-corrected chi connectivity index (χ0v) is 14.3. The van der Waals surface area contributed by atoms with Gasteiger partial charge in [-0.25, -0.2) is 0 Å². The second-order valence-electron chi connectivity index (χ2n) is 0.289. The Morgan fingerprint density at radius 3 is 0.429 bits per heavy atom. The van der Waals surface area contributed by atoms with Crippen LogP contribution >= 0.6 is 0 Å². The molecule has 0 bridgehead atoms. The molecule has 0 aromatic heterocycles. The van der Waals surface area contributed by atoms with Gasteiger partial charge in [0.1, 0.15) is 0 Å². The average Bonchev–Trinajstić information content (AvgIpc) is 0.811. The summed E-state index contributed by atoms with van der Waals surface area (Å²) in [4.78, 5) is 0. The van der Waals surface area contributed by atoms with Crippen molar-refractivity contribution in [3.8, 4) is 0 Å². The van der Waals surface area contributed by atoms with Crippen LogP contribution in [0.15, 0.2) is 0 Å². The molecule has 0 radical (unpaired) electrons. The zero-order chi connectivity index (χ0) is 3.58. The summed E-state index contributed by atoms with van der Waals surface area (Å²) in [6.07, 6.45) is 0. The Morgan fingerprint density at radius 1 is 0.429 bits per heavy atom. The number of hydrogen-bond donors (Lipinski definition) is 0. The van der Waals surface area contributed by atoms with Crippen LogP contribution in [0.2, 0.25) is 0 Å². The molecule has 0 atom stereocenters. The summed E-state index contributed by atoms with van der Waals surface area (Å²) in [5.41, 5.74) is 0. The fraction of sp³-hybridized carbons (Fsp3) is 0. The van der Waals surface area contributed by atoms with Crippen molar-refractivity contribution >= 4 is 7.32 Å². The topological polar surface area (TPSA) is 290 Å². The van der Waals surface area contributed by atoms with Crippen molar-refractivity contribution in [1.29, 1.82) is 0 Å². The van der Waals surface area contributed by atoms with Gasteiger partial charge in [-0.1, -0.05) is 0 Å². The molecule has 0 fully saturated rings. The van der Waals surface area contributed by atoms with E-state index in [2.05, 4.69) is 0 Å². The molecule has 0 spiro atoms. The van der Waals surface area contributed by atoms with E-state index in [1.54, 1.807) is 0 Å². The third-order valence-corrected chi connectivity index (χ3v) is 0. The van der Waals surface area contributed by atoms with Gasteiger partial charge in [0.15, 0.2) is 0 Å². The predicted octanol–water partition coefficient (Wildman–Crippen LogP) is -18.7. The van der Waals surface area contributed by atoms with Crippen LogP contribution in [0.3, 0.4) is 0 Å². The van der Waals surface area contributed by atoms with Gasteiger partial charge < -0.3 is 53.4 Å². The summed E-state index contributed by atoms with van der Waals surface area (Å²) in [7, 11) is -2.92. The first kappa shape index (κ1) is 127. The quantitative estimate of drug-likeness (QED) is 0.380. The van der Waals surface area contributed by atoms with Crippen LogP contribution < -0.4 is 104 Å². The normalized spacial score (nSPS) is 1.93. The standard InChI is InChI=1S/BO3.3Na.7H2O/c2-1(3)4;;;;;;;;;;/h;;;;7*1H2/q-3;3*+1;;;;;;;. The van der Waals surface area contributed by atoms with Crippen molar-refractivity contribution in [2.45, 2.75) is 0 Å². The summed E-state index contributed by atoms with van der Waals surface area (Å²) >= 11 is 0. The van der Waals surface area contributed by atoms with Crippen molar-refractivity contribution < 1.29 is 142 Å². The van der Waals surface area contributed by atoms with Crippen molar-refractivity contribution in [3.63, 3.8) is 0 Å². The molecule has 0 aromatic carbocycles.